The summed E-state index contributed by atoms with van der Waals surface area (Å²) in [6, 6.07) is 3.24. The first-order chi connectivity index (χ1) is 10.2. The average Bonchev–Trinajstić information content (AvgIpc) is 2.81. The molecule has 1 aliphatic rings. The molecule has 0 unspecified atom stereocenters. The molecule has 0 spiro atoms. The number of alkyl halides is 3. The van der Waals surface area contributed by atoms with E-state index in [1.807, 2.05) is 6.07 Å². The molecule has 1 heterocycles. The van der Waals surface area contributed by atoms with E-state index < -0.39 is 24.2 Å². The summed E-state index contributed by atoms with van der Waals surface area (Å²) in [6.45, 7) is 1.64. The molecule has 2 atom stereocenters. The third kappa shape index (κ3) is 2.76. The van der Waals surface area contributed by atoms with Crippen LogP contribution in [-0.4, -0.2) is 29.3 Å². The fourth-order valence-corrected chi connectivity index (χ4v) is 2.72. The van der Waals surface area contributed by atoms with E-state index in [0.29, 0.717) is 5.56 Å². The summed E-state index contributed by atoms with van der Waals surface area (Å²) >= 11 is 6.00. The van der Waals surface area contributed by atoms with Gasteiger partial charge in [-0.05, 0) is 25.0 Å². The lowest BCUT2D eigenvalue weighted by atomic mass is 10.0. The van der Waals surface area contributed by atoms with Crippen LogP contribution in [0.5, 0.6) is 0 Å². The Morgan fingerprint density at radius 1 is 1.50 bits per heavy atom. The highest BCUT2D eigenvalue weighted by atomic mass is 35.5. The Labute approximate surface area is 129 Å². The van der Waals surface area contributed by atoms with Crippen molar-refractivity contribution in [1.29, 1.82) is 5.26 Å². The molecule has 118 valence electrons. The Morgan fingerprint density at radius 3 is 2.68 bits per heavy atom. The summed E-state index contributed by atoms with van der Waals surface area (Å²) in [6.07, 6.45) is -7.80. The topological polar surface area (TPSA) is 64.3 Å². The Hall–Kier alpha value is -1.78. The number of aliphatic hydroxyl groups excluding tert-OH is 1. The van der Waals surface area contributed by atoms with Crippen molar-refractivity contribution in [3.8, 4) is 6.07 Å². The molecule has 0 radical (unpaired) electrons. The maximum absolute atomic E-state index is 12.8. The van der Waals surface area contributed by atoms with E-state index in [0.717, 1.165) is 4.90 Å². The molecular weight excluding hydrogens is 321 g/mol. The predicted octanol–water partition coefficient (Wildman–Crippen LogP) is 2.94. The second-order valence-corrected chi connectivity index (χ2v) is 5.44. The number of nitrogens with zero attached hydrogens (tertiary/aromatic N) is 2. The number of amides is 1. The van der Waals surface area contributed by atoms with Crippen LogP contribution < -0.4 is 4.90 Å². The minimum atomic E-state index is -4.85. The van der Waals surface area contributed by atoms with Crippen LogP contribution in [-0.2, 0) is 4.79 Å². The van der Waals surface area contributed by atoms with Crippen LogP contribution in [0.3, 0.4) is 0 Å². The molecular formula is C14H12ClF3N2O2. The van der Waals surface area contributed by atoms with E-state index in [-0.39, 0.29) is 29.1 Å². The van der Waals surface area contributed by atoms with Crippen molar-refractivity contribution < 1.29 is 23.1 Å². The number of aryl methyl sites for hydroxylation is 1. The predicted molar refractivity (Wildman–Crippen MR) is 73.5 cm³/mol. The molecule has 0 aromatic heterocycles. The van der Waals surface area contributed by atoms with Gasteiger partial charge in [0.2, 0.25) is 5.91 Å². The molecule has 4 nitrogen and oxygen atoms in total. The second-order valence-electron chi connectivity index (χ2n) is 5.06. The normalized spacial score (nSPS) is 20.1. The van der Waals surface area contributed by atoms with E-state index in [2.05, 4.69) is 0 Å². The maximum Gasteiger partial charge on any atom is 0.416 e. The molecule has 1 aromatic rings. The zero-order valence-electron chi connectivity index (χ0n) is 11.5. The molecule has 1 N–H and O–H groups in total. The number of carbonyl (C=O) groups excluding carboxylic acids is 1. The second kappa shape index (κ2) is 5.78. The van der Waals surface area contributed by atoms with Gasteiger partial charge in [0.05, 0.1) is 22.3 Å². The summed E-state index contributed by atoms with van der Waals surface area (Å²) in [5, 5.41) is 18.8. The third-order valence-corrected chi connectivity index (χ3v) is 4.13. The summed E-state index contributed by atoms with van der Waals surface area (Å²) in [7, 11) is 0. The van der Waals surface area contributed by atoms with Crippen LogP contribution in [0.15, 0.2) is 12.1 Å². The van der Waals surface area contributed by atoms with Gasteiger partial charge in [-0.3, -0.25) is 4.79 Å². The van der Waals surface area contributed by atoms with E-state index in [1.54, 1.807) is 6.92 Å². The van der Waals surface area contributed by atoms with E-state index in [1.165, 1.54) is 12.1 Å². The first-order valence-electron chi connectivity index (χ1n) is 6.44. The van der Waals surface area contributed by atoms with Gasteiger partial charge in [-0.2, -0.15) is 18.4 Å². The molecule has 1 aliphatic heterocycles. The van der Waals surface area contributed by atoms with Gasteiger partial charge in [-0.25, -0.2) is 0 Å². The highest BCUT2D eigenvalue weighted by molar-refractivity contribution is 6.33. The number of aliphatic hydroxyl groups is 1. The van der Waals surface area contributed by atoms with Crippen LogP contribution in [0.1, 0.15) is 24.0 Å². The molecule has 2 rings (SSSR count). The number of carbonyl (C=O) groups is 1. The Kier molecular flexibility index (Phi) is 4.36. The van der Waals surface area contributed by atoms with Gasteiger partial charge in [0.1, 0.15) is 6.07 Å². The van der Waals surface area contributed by atoms with E-state index >= 15 is 0 Å². The zero-order valence-corrected chi connectivity index (χ0v) is 12.2. The highest BCUT2D eigenvalue weighted by Gasteiger charge is 2.50. The Balaban J connectivity index is 2.52. The van der Waals surface area contributed by atoms with Gasteiger partial charge in [0.15, 0.2) is 6.10 Å². The van der Waals surface area contributed by atoms with Crippen molar-refractivity contribution in [2.75, 3.05) is 4.90 Å². The average molecular weight is 333 g/mol. The van der Waals surface area contributed by atoms with Gasteiger partial charge in [-0.15, -0.1) is 0 Å². The van der Waals surface area contributed by atoms with Gasteiger partial charge < -0.3 is 10.0 Å². The SMILES string of the molecule is Cc1ccc(N2C(=O)CC[C@@H]2[C@H](O)C(F)(F)F)c(C#N)c1Cl. The number of halogens is 4. The van der Waals surface area contributed by atoms with Gasteiger partial charge in [-0.1, -0.05) is 17.7 Å². The first kappa shape index (κ1) is 16.6. The lowest BCUT2D eigenvalue weighted by molar-refractivity contribution is -0.209. The molecule has 1 saturated heterocycles. The summed E-state index contributed by atoms with van der Waals surface area (Å²) in [5.74, 6) is -0.579. The number of hydrogen-bond acceptors (Lipinski definition) is 3. The van der Waals surface area contributed by atoms with Gasteiger partial charge >= 0.3 is 6.18 Å². The molecule has 1 fully saturated rings. The van der Waals surface area contributed by atoms with Crippen LogP contribution in [0.25, 0.3) is 0 Å². The quantitative estimate of drug-likeness (QED) is 0.905. The molecule has 8 heteroatoms. The standard InChI is InChI=1S/C14H12ClF3N2O2/c1-7-2-3-9(8(6-19)12(7)15)20-10(4-5-11(20)21)13(22)14(16,17)18/h2-3,10,13,22H,4-5H2,1H3/t10-,13+/m1/s1. The van der Waals surface area contributed by atoms with Crippen molar-refractivity contribution in [1.82, 2.24) is 0 Å². The number of anilines is 1. The molecule has 1 aromatic carbocycles. The first-order valence-corrected chi connectivity index (χ1v) is 6.82. The van der Waals surface area contributed by atoms with Crippen LogP contribution in [0, 0.1) is 18.3 Å². The number of rotatable bonds is 2. The van der Waals surface area contributed by atoms with E-state index in [9.17, 15) is 28.3 Å². The maximum atomic E-state index is 12.8. The summed E-state index contributed by atoms with van der Waals surface area (Å²) < 4.78 is 38.3. The van der Waals surface area contributed by atoms with Crippen LogP contribution >= 0.6 is 11.6 Å². The van der Waals surface area contributed by atoms with Crippen molar-refractivity contribution in [2.24, 2.45) is 0 Å². The smallest absolute Gasteiger partial charge is 0.382 e. The number of benzene rings is 1. The third-order valence-electron chi connectivity index (χ3n) is 3.64. The van der Waals surface area contributed by atoms with Gasteiger partial charge in [0.25, 0.3) is 0 Å². The lowest BCUT2D eigenvalue weighted by Gasteiger charge is -2.30. The fraction of sp³-hybridized carbons (Fsp3) is 0.429. The number of nitriles is 1. The Bertz CT molecular complexity index is 655. The highest BCUT2D eigenvalue weighted by Crippen LogP contribution is 2.38. The molecule has 0 saturated carbocycles. The van der Waals surface area contributed by atoms with Gasteiger partial charge in [0, 0.05) is 6.42 Å². The largest absolute Gasteiger partial charge is 0.416 e. The fourth-order valence-electron chi connectivity index (χ4n) is 2.51. The Morgan fingerprint density at radius 2 is 2.14 bits per heavy atom. The van der Waals surface area contributed by atoms with Crippen LogP contribution in [0.2, 0.25) is 5.02 Å². The van der Waals surface area contributed by atoms with Crippen molar-refractivity contribution in [3.05, 3.63) is 28.3 Å². The zero-order chi connectivity index (χ0) is 16.7. The minimum absolute atomic E-state index is 0.00565. The summed E-state index contributed by atoms with van der Waals surface area (Å²) in [5.41, 5.74) is 0.492. The van der Waals surface area contributed by atoms with E-state index in [4.69, 9.17) is 11.6 Å². The lowest BCUT2D eigenvalue weighted by Crippen LogP contribution is -2.48. The molecule has 22 heavy (non-hydrogen) atoms. The van der Waals surface area contributed by atoms with Crippen LogP contribution in [0.4, 0.5) is 18.9 Å². The van der Waals surface area contributed by atoms with Crippen molar-refractivity contribution in [2.45, 2.75) is 38.1 Å². The molecule has 0 bridgehead atoms. The molecule has 1 amide bonds. The number of hydrogen-bond donors (Lipinski definition) is 1. The van der Waals surface area contributed by atoms with Crippen molar-refractivity contribution >= 4 is 23.2 Å². The summed E-state index contributed by atoms with van der Waals surface area (Å²) in [4.78, 5) is 12.8. The minimum Gasteiger partial charge on any atom is -0.382 e. The molecule has 0 aliphatic carbocycles. The van der Waals surface area contributed by atoms with Crippen molar-refractivity contribution in [3.63, 3.8) is 0 Å². The monoisotopic (exact) mass is 332 g/mol.